The summed E-state index contributed by atoms with van der Waals surface area (Å²) < 4.78 is 10.6. The standard InChI is InChI=1S/C13H28O3Si/c1-7-8-9-10-11-15-12(14)16-17(5,6)13(2,3)4/h7-11H2,1-6H3. The lowest BCUT2D eigenvalue weighted by Crippen LogP contribution is -2.42. The van der Waals surface area contributed by atoms with Crippen LogP contribution in [0.2, 0.25) is 18.1 Å². The zero-order chi connectivity index (χ0) is 13.5. The van der Waals surface area contributed by atoms with E-state index in [-0.39, 0.29) is 5.04 Å². The molecule has 0 saturated heterocycles. The van der Waals surface area contributed by atoms with Crippen molar-refractivity contribution in [2.45, 2.75) is 71.5 Å². The summed E-state index contributed by atoms with van der Waals surface area (Å²) in [5.41, 5.74) is 0. The van der Waals surface area contributed by atoms with Crippen molar-refractivity contribution in [2.24, 2.45) is 0 Å². The van der Waals surface area contributed by atoms with Gasteiger partial charge in [-0.2, -0.15) is 0 Å². The van der Waals surface area contributed by atoms with Gasteiger partial charge >= 0.3 is 6.16 Å². The van der Waals surface area contributed by atoms with Gasteiger partial charge in [0.1, 0.15) is 0 Å². The Hall–Kier alpha value is -0.513. The first kappa shape index (κ1) is 16.5. The van der Waals surface area contributed by atoms with E-state index in [1.807, 2.05) is 13.1 Å². The molecule has 0 aromatic rings. The first-order valence-corrected chi connectivity index (χ1v) is 9.47. The topological polar surface area (TPSA) is 35.5 Å². The Labute approximate surface area is 107 Å². The third-order valence-corrected chi connectivity index (χ3v) is 7.65. The molecular weight excluding hydrogens is 232 g/mol. The van der Waals surface area contributed by atoms with Crippen molar-refractivity contribution in [1.82, 2.24) is 0 Å². The fraction of sp³-hybridized carbons (Fsp3) is 0.923. The Morgan fingerprint density at radius 3 is 2.18 bits per heavy atom. The molecule has 0 saturated carbocycles. The zero-order valence-electron chi connectivity index (χ0n) is 12.3. The van der Waals surface area contributed by atoms with Crippen LogP contribution in [0.4, 0.5) is 4.79 Å². The molecule has 0 rings (SSSR count). The van der Waals surface area contributed by atoms with Crippen LogP contribution in [0.5, 0.6) is 0 Å². The maximum Gasteiger partial charge on any atom is 0.494 e. The molecular formula is C13H28O3Si. The lowest BCUT2D eigenvalue weighted by molar-refractivity contribution is 0.0928. The number of unbranched alkanes of at least 4 members (excludes halogenated alkanes) is 3. The van der Waals surface area contributed by atoms with E-state index in [2.05, 4.69) is 27.7 Å². The molecule has 0 unspecified atom stereocenters. The van der Waals surface area contributed by atoms with Gasteiger partial charge < -0.3 is 9.16 Å². The Bertz CT molecular complexity index is 231. The average molecular weight is 260 g/mol. The van der Waals surface area contributed by atoms with E-state index in [0.717, 1.165) is 12.8 Å². The van der Waals surface area contributed by atoms with Crippen LogP contribution in [-0.4, -0.2) is 21.1 Å². The van der Waals surface area contributed by atoms with Crippen LogP contribution < -0.4 is 0 Å². The number of rotatable bonds is 6. The predicted octanol–water partition coefficient (Wildman–Crippen LogP) is 4.73. The Balaban J connectivity index is 3.87. The summed E-state index contributed by atoms with van der Waals surface area (Å²) in [4.78, 5) is 11.5. The molecule has 4 heteroatoms. The van der Waals surface area contributed by atoms with Gasteiger partial charge in [0.15, 0.2) is 0 Å². The molecule has 0 atom stereocenters. The summed E-state index contributed by atoms with van der Waals surface area (Å²) in [6.45, 7) is 13.0. The van der Waals surface area contributed by atoms with Crippen molar-refractivity contribution in [3.05, 3.63) is 0 Å². The first-order valence-electron chi connectivity index (χ1n) is 6.56. The zero-order valence-corrected chi connectivity index (χ0v) is 13.3. The van der Waals surface area contributed by atoms with E-state index in [4.69, 9.17) is 9.16 Å². The van der Waals surface area contributed by atoms with Gasteiger partial charge in [0.2, 0.25) is 0 Å². The van der Waals surface area contributed by atoms with Crippen molar-refractivity contribution in [1.29, 1.82) is 0 Å². The smallest absolute Gasteiger partial charge is 0.489 e. The highest BCUT2D eigenvalue weighted by atomic mass is 28.4. The summed E-state index contributed by atoms with van der Waals surface area (Å²) in [7, 11) is -2.02. The molecule has 0 aromatic heterocycles. The molecule has 3 nitrogen and oxygen atoms in total. The van der Waals surface area contributed by atoms with Crippen LogP contribution in [-0.2, 0) is 9.16 Å². The van der Waals surface area contributed by atoms with Gasteiger partial charge in [-0.25, -0.2) is 4.79 Å². The molecule has 0 radical (unpaired) electrons. The van der Waals surface area contributed by atoms with Crippen molar-refractivity contribution in [2.75, 3.05) is 6.61 Å². The summed E-state index contributed by atoms with van der Waals surface area (Å²) >= 11 is 0. The predicted molar refractivity (Wildman–Crippen MR) is 73.8 cm³/mol. The fourth-order valence-corrected chi connectivity index (χ4v) is 1.86. The van der Waals surface area contributed by atoms with Crippen LogP contribution in [0.25, 0.3) is 0 Å². The summed E-state index contributed by atoms with van der Waals surface area (Å²) in [5.74, 6) is 0. The van der Waals surface area contributed by atoms with Crippen molar-refractivity contribution < 1.29 is 14.0 Å². The average Bonchev–Trinajstić information content (AvgIpc) is 2.14. The molecule has 0 heterocycles. The van der Waals surface area contributed by atoms with Crippen LogP contribution in [0.15, 0.2) is 0 Å². The third-order valence-electron chi connectivity index (χ3n) is 3.36. The van der Waals surface area contributed by atoms with Gasteiger partial charge in [0, 0.05) is 0 Å². The normalized spacial score (nSPS) is 12.4. The minimum Gasteiger partial charge on any atom is -0.489 e. The maximum atomic E-state index is 11.5. The second kappa shape index (κ2) is 7.04. The van der Waals surface area contributed by atoms with Gasteiger partial charge in [0.05, 0.1) is 6.61 Å². The van der Waals surface area contributed by atoms with Crippen LogP contribution in [0.1, 0.15) is 53.4 Å². The Morgan fingerprint density at radius 1 is 1.12 bits per heavy atom. The lowest BCUT2D eigenvalue weighted by atomic mass is 10.2. The highest BCUT2D eigenvalue weighted by Crippen LogP contribution is 2.36. The summed E-state index contributed by atoms with van der Waals surface area (Å²) in [6.07, 6.45) is 3.94. The fourth-order valence-electron chi connectivity index (χ4n) is 1.08. The van der Waals surface area contributed by atoms with Crippen LogP contribution >= 0.6 is 0 Å². The molecule has 17 heavy (non-hydrogen) atoms. The largest absolute Gasteiger partial charge is 0.494 e. The number of ether oxygens (including phenoxy) is 1. The van der Waals surface area contributed by atoms with Crippen molar-refractivity contribution >= 4 is 14.5 Å². The molecule has 0 amide bonds. The number of hydrogen-bond acceptors (Lipinski definition) is 3. The Morgan fingerprint density at radius 2 is 1.71 bits per heavy atom. The van der Waals surface area contributed by atoms with Crippen molar-refractivity contribution in [3.63, 3.8) is 0 Å². The molecule has 0 fully saturated rings. The second-order valence-corrected chi connectivity index (χ2v) is 10.7. The molecule has 0 N–H and O–H groups in total. The monoisotopic (exact) mass is 260 g/mol. The molecule has 0 aliphatic carbocycles. The lowest BCUT2D eigenvalue weighted by Gasteiger charge is -2.34. The van der Waals surface area contributed by atoms with E-state index >= 15 is 0 Å². The van der Waals surface area contributed by atoms with Crippen LogP contribution in [0.3, 0.4) is 0 Å². The SMILES string of the molecule is CCCCCCOC(=O)O[Si](C)(C)C(C)(C)C. The highest BCUT2D eigenvalue weighted by molar-refractivity contribution is 6.75. The number of carbonyl (C=O) groups excluding carboxylic acids is 1. The van der Waals surface area contributed by atoms with E-state index < -0.39 is 14.5 Å². The number of hydrogen-bond donors (Lipinski definition) is 0. The van der Waals surface area contributed by atoms with Gasteiger partial charge in [-0.3, -0.25) is 0 Å². The molecule has 102 valence electrons. The first-order chi connectivity index (χ1) is 7.70. The van der Waals surface area contributed by atoms with Gasteiger partial charge in [0.25, 0.3) is 8.32 Å². The second-order valence-electron chi connectivity index (χ2n) is 6.02. The van der Waals surface area contributed by atoms with E-state index in [9.17, 15) is 4.79 Å². The van der Waals surface area contributed by atoms with E-state index in [1.165, 1.54) is 12.8 Å². The number of carbonyl (C=O) groups is 1. The molecule has 0 aliphatic rings. The van der Waals surface area contributed by atoms with Gasteiger partial charge in [-0.1, -0.05) is 47.0 Å². The minimum atomic E-state index is -2.02. The molecule has 0 aromatic carbocycles. The molecule has 0 aliphatic heterocycles. The summed E-state index contributed by atoms with van der Waals surface area (Å²) in [6, 6.07) is 0. The van der Waals surface area contributed by atoms with E-state index in [0.29, 0.717) is 6.61 Å². The third kappa shape index (κ3) is 6.71. The quantitative estimate of drug-likeness (QED) is 0.393. The van der Waals surface area contributed by atoms with Gasteiger partial charge in [-0.05, 0) is 24.6 Å². The highest BCUT2D eigenvalue weighted by Gasteiger charge is 2.40. The molecule has 0 bridgehead atoms. The van der Waals surface area contributed by atoms with Gasteiger partial charge in [-0.15, -0.1) is 0 Å². The minimum absolute atomic E-state index is 0.0359. The molecule has 0 spiro atoms. The van der Waals surface area contributed by atoms with E-state index in [1.54, 1.807) is 0 Å². The van der Waals surface area contributed by atoms with Crippen molar-refractivity contribution in [3.8, 4) is 0 Å². The maximum absolute atomic E-state index is 11.5. The van der Waals surface area contributed by atoms with Crippen LogP contribution in [0, 0.1) is 0 Å². The Kier molecular flexibility index (Phi) is 6.83. The summed E-state index contributed by atoms with van der Waals surface area (Å²) in [5, 5.41) is 0.0359.